The van der Waals surface area contributed by atoms with Gasteiger partial charge in [-0.25, -0.2) is 9.78 Å². The van der Waals surface area contributed by atoms with E-state index in [0.717, 1.165) is 33.6 Å². The van der Waals surface area contributed by atoms with Crippen LogP contribution in [0, 0.1) is 27.7 Å². The van der Waals surface area contributed by atoms with Gasteiger partial charge in [0, 0.05) is 5.56 Å². The number of carbonyl (C=O) groups is 3. The molecule has 1 atom stereocenters. The Morgan fingerprint density at radius 3 is 2.41 bits per heavy atom. The highest BCUT2D eigenvalue weighted by Crippen LogP contribution is 2.55. The summed E-state index contributed by atoms with van der Waals surface area (Å²) in [7, 11) is 1.26. The number of esters is 1. The maximum Gasteiger partial charge on any atom is 0.350 e. The molecule has 0 saturated heterocycles. The number of hydrogen-bond donors (Lipinski definition) is 0. The number of anilines is 2. The summed E-state index contributed by atoms with van der Waals surface area (Å²) >= 11 is 0.929. The molecular formula is C34H27N3O6S. The van der Waals surface area contributed by atoms with Crippen LogP contribution in [0.4, 0.5) is 10.8 Å². The van der Waals surface area contributed by atoms with Gasteiger partial charge in [-0.1, -0.05) is 53.8 Å². The number of para-hydroxylation sites is 1. The second-order valence-corrected chi connectivity index (χ2v) is 12.1. The number of benzene rings is 3. The standard InChI is InChI=1S/C34H27N3O6S/c1-17-10-6-7-11-21(17)16-36-24-13-9-8-12-23(24)34(32(36)41)26-27(38)22-14-18(2)19(3)15-25(22)43-28(26)30(39)37(34)33-35-20(4)29(44-33)31(40)42-5/h6-15H,16H2,1-5H3. The molecule has 1 unspecified atom stereocenters. The topological polar surface area (TPSA) is 110 Å². The number of aryl methyl sites for hydroxylation is 4. The molecule has 1 spiro atoms. The van der Waals surface area contributed by atoms with E-state index in [-0.39, 0.29) is 38.8 Å². The SMILES string of the molecule is COC(=O)c1sc(N2C(=O)c3oc4cc(C)c(C)cc4c(=O)c3C23C(=O)N(Cc2ccccc2C)c2ccccc23)nc1C. The molecule has 0 aliphatic carbocycles. The first-order chi connectivity index (χ1) is 21.1. The molecule has 2 aromatic heterocycles. The second-order valence-electron chi connectivity index (χ2n) is 11.2. The average Bonchev–Trinajstić information content (AvgIpc) is 3.59. The van der Waals surface area contributed by atoms with E-state index in [9.17, 15) is 14.4 Å². The van der Waals surface area contributed by atoms with Crippen LogP contribution in [0.15, 0.2) is 69.9 Å². The molecule has 2 aliphatic heterocycles. The zero-order chi connectivity index (χ0) is 31.1. The van der Waals surface area contributed by atoms with E-state index in [4.69, 9.17) is 9.15 Å². The predicted octanol–water partition coefficient (Wildman–Crippen LogP) is 5.72. The third kappa shape index (κ3) is 3.60. The van der Waals surface area contributed by atoms with E-state index in [0.29, 0.717) is 16.9 Å². The molecule has 5 aromatic rings. The summed E-state index contributed by atoms with van der Waals surface area (Å²) in [6.07, 6.45) is 0. The minimum atomic E-state index is -1.92. The Kier molecular flexibility index (Phi) is 6.12. The van der Waals surface area contributed by atoms with Crippen LogP contribution >= 0.6 is 11.3 Å². The van der Waals surface area contributed by atoms with Crippen LogP contribution in [0.3, 0.4) is 0 Å². The summed E-state index contributed by atoms with van der Waals surface area (Å²) in [6, 6.07) is 18.4. The second kappa shape index (κ2) is 9.72. The quantitative estimate of drug-likeness (QED) is 0.241. The lowest BCUT2D eigenvalue weighted by Crippen LogP contribution is -2.53. The van der Waals surface area contributed by atoms with Gasteiger partial charge in [0.05, 0.1) is 36.0 Å². The van der Waals surface area contributed by atoms with Gasteiger partial charge in [0.1, 0.15) is 10.5 Å². The molecule has 0 saturated carbocycles. The highest BCUT2D eigenvalue weighted by molar-refractivity contribution is 7.17. The number of carbonyl (C=O) groups excluding carboxylic acids is 3. The molecule has 0 bridgehead atoms. The summed E-state index contributed by atoms with van der Waals surface area (Å²) < 4.78 is 11.2. The van der Waals surface area contributed by atoms with Crippen LogP contribution < -0.4 is 15.2 Å². The number of aromatic nitrogens is 1. The van der Waals surface area contributed by atoms with Gasteiger partial charge in [-0.15, -0.1) is 0 Å². The number of rotatable bonds is 4. The smallest absolute Gasteiger partial charge is 0.350 e. The number of hydrogen-bond acceptors (Lipinski definition) is 8. The van der Waals surface area contributed by atoms with E-state index < -0.39 is 28.8 Å². The molecule has 2 aliphatic rings. The van der Waals surface area contributed by atoms with E-state index in [1.165, 1.54) is 12.0 Å². The van der Waals surface area contributed by atoms with Crippen molar-refractivity contribution in [2.45, 2.75) is 39.8 Å². The Morgan fingerprint density at radius 2 is 1.66 bits per heavy atom. The van der Waals surface area contributed by atoms with Crippen molar-refractivity contribution in [2.75, 3.05) is 16.9 Å². The fourth-order valence-corrected chi connectivity index (χ4v) is 7.33. The molecular weight excluding hydrogens is 578 g/mol. The molecule has 3 aromatic carbocycles. The lowest BCUT2D eigenvalue weighted by Gasteiger charge is -2.32. The van der Waals surface area contributed by atoms with E-state index in [1.54, 1.807) is 36.1 Å². The van der Waals surface area contributed by atoms with Gasteiger partial charge in [0.15, 0.2) is 16.1 Å². The number of amides is 2. The maximum absolute atomic E-state index is 15.1. The minimum Gasteiger partial charge on any atom is -0.465 e. The molecule has 0 fully saturated rings. The number of ether oxygens (including phenoxy) is 1. The van der Waals surface area contributed by atoms with Crippen LogP contribution in [0.25, 0.3) is 11.0 Å². The molecule has 220 valence electrons. The van der Waals surface area contributed by atoms with Crippen molar-refractivity contribution in [1.29, 1.82) is 0 Å². The molecule has 10 heteroatoms. The number of fused-ring (bicyclic) bond motifs is 5. The Bertz CT molecular complexity index is 2150. The molecule has 2 amide bonds. The van der Waals surface area contributed by atoms with Crippen molar-refractivity contribution >= 4 is 50.9 Å². The van der Waals surface area contributed by atoms with Crippen molar-refractivity contribution < 1.29 is 23.5 Å². The van der Waals surface area contributed by atoms with Crippen LogP contribution in [0.5, 0.6) is 0 Å². The first kappa shape index (κ1) is 27.7. The van der Waals surface area contributed by atoms with Gasteiger partial charge < -0.3 is 14.1 Å². The average molecular weight is 606 g/mol. The largest absolute Gasteiger partial charge is 0.465 e. The molecule has 4 heterocycles. The molecule has 0 radical (unpaired) electrons. The zero-order valence-electron chi connectivity index (χ0n) is 24.7. The summed E-state index contributed by atoms with van der Waals surface area (Å²) in [4.78, 5) is 64.4. The van der Waals surface area contributed by atoms with Gasteiger partial charge in [0.2, 0.25) is 5.76 Å². The monoisotopic (exact) mass is 605 g/mol. The number of methoxy groups -OCH3 is 1. The van der Waals surface area contributed by atoms with Gasteiger partial charge in [-0.3, -0.25) is 19.3 Å². The summed E-state index contributed by atoms with van der Waals surface area (Å²) in [5, 5.41) is 0.352. The third-order valence-electron chi connectivity index (χ3n) is 8.68. The van der Waals surface area contributed by atoms with Crippen LogP contribution in [-0.4, -0.2) is 29.9 Å². The van der Waals surface area contributed by atoms with Crippen LogP contribution in [0.2, 0.25) is 0 Å². The Hall–Kier alpha value is -5.09. The van der Waals surface area contributed by atoms with E-state index in [2.05, 4.69) is 4.98 Å². The van der Waals surface area contributed by atoms with Gasteiger partial charge in [-0.2, -0.15) is 0 Å². The van der Waals surface area contributed by atoms with Gasteiger partial charge >= 0.3 is 5.97 Å². The zero-order valence-corrected chi connectivity index (χ0v) is 25.5. The van der Waals surface area contributed by atoms with Crippen molar-refractivity contribution in [3.63, 3.8) is 0 Å². The summed E-state index contributed by atoms with van der Waals surface area (Å²) in [5.41, 5.74) is 2.83. The Morgan fingerprint density at radius 1 is 0.955 bits per heavy atom. The minimum absolute atomic E-state index is 0.0598. The molecule has 0 N–H and O–H groups in total. The summed E-state index contributed by atoms with van der Waals surface area (Å²) in [5.74, 6) is -2.02. The van der Waals surface area contributed by atoms with Crippen LogP contribution in [-0.2, 0) is 21.6 Å². The number of thiazole rings is 1. The number of nitrogens with zero attached hydrogens (tertiary/aromatic N) is 3. The summed E-state index contributed by atoms with van der Waals surface area (Å²) in [6.45, 7) is 7.59. The van der Waals surface area contributed by atoms with Crippen molar-refractivity contribution in [2.24, 2.45) is 0 Å². The lowest BCUT2D eigenvalue weighted by atomic mass is 9.84. The predicted molar refractivity (Wildman–Crippen MR) is 167 cm³/mol. The highest BCUT2D eigenvalue weighted by Gasteiger charge is 2.66. The van der Waals surface area contributed by atoms with E-state index in [1.807, 2.05) is 57.2 Å². The molecule has 7 rings (SSSR count). The molecule has 44 heavy (non-hydrogen) atoms. The fraction of sp³-hybridized carbons (Fsp3) is 0.206. The van der Waals surface area contributed by atoms with Crippen molar-refractivity contribution in [3.05, 3.63) is 121 Å². The van der Waals surface area contributed by atoms with Crippen molar-refractivity contribution in [1.82, 2.24) is 4.98 Å². The first-order valence-corrected chi connectivity index (χ1v) is 14.9. The molecule has 9 nitrogen and oxygen atoms in total. The van der Waals surface area contributed by atoms with Crippen LogP contribution in [0.1, 0.15) is 59.3 Å². The highest BCUT2D eigenvalue weighted by atomic mass is 32.1. The Labute approximate surface area is 256 Å². The lowest BCUT2D eigenvalue weighted by molar-refractivity contribution is -0.121. The van der Waals surface area contributed by atoms with Gasteiger partial charge in [0.25, 0.3) is 11.8 Å². The van der Waals surface area contributed by atoms with Gasteiger partial charge in [-0.05, 0) is 68.1 Å². The first-order valence-electron chi connectivity index (χ1n) is 14.0. The van der Waals surface area contributed by atoms with Crippen molar-refractivity contribution in [3.8, 4) is 0 Å². The normalized spacial score (nSPS) is 17.1. The Balaban J connectivity index is 1.57. The fourth-order valence-electron chi connectivity index (χ4n) is 6.29. The van der Waals surface area contributed by atoms with E-state index >= 15 is 4.79 Å². The third-order valence-corrected chi connectivity index (χ3v) is 9.80. The maximum atomic E-state index is 15.1.